The number of Topliss-reactive ketones (excluding diaryl/α,β-unsaturated/α-hetero) is 1. The Hall–Kier alpha value is -3.40. The number of hydrogen-bond donors (Lipinski definition) is 0. The summed E-state index contributed by atoms with van der Waals surface area (Å²) in [7, 11) is 1.62. The molecule has 4 rings (SSSR count). The highest BCUT2D eigenvalue weighted by Gasteiger charge is 2.31. The monoisotopic (exact) mass is 517 g/mol. The van der Waals surface area contributed by atoms with E-state index in [1.807, 2.05) is 29.9 Å². The number of ether oxygens (including phenoxy) is 2. The van der Waals surface area contributed by atoms with Crippen LogP contribution in [0.4, 0.5) is 13.2 Å². The van der Waals surface area contributed by atoms with E-state index in [9.17, 15) is 22.8 Å². The number of carbonyl (C=O) groups is 2. The van der Waals surface area contributed by atoms with E-state index in [-0.39, 0.29) is 17.4 Å². The van der Waals surface area contributed by atoms with Crippen LogP contribution in [-0.2, 0) is 11.3 Å². The Morgan fingerprint density at radius 1 is 1.08 bits per heavy atom. The first-order chi connectivity index (χ1) is 17.6. The molecule has 0 unspecified atom stereocenters. The van der Waals surface area contributed by atoms with E-state index in [0.29, 0.717) is 56.1 Å². The van der Waals surface area contributed by atoms with Crippen LogP contribution in [0.25, 0.3) is 10.9 Å². The maximum Gasteiger partial charge on any atom is 0.573 e. The number of piperidine rings is 1. The van der Waals surface area contributed by atoms with Crippen LogP contribution in [0.2, 0.25) is 0 Å². The van der Waals surface area contributed by atoms with Crippen molar-refractivity contribution in [2.24, 2.45) is 5.92 Å². The Morgan fingerprint density at radius 2 is 1.78 bits per heavy atom. The minimum Gasteiger partial charge on any atom is -0.406 e. The SMILES string of the molecule is COCCCC(=O)c1ccc2nn(CC3CCN(C(=O)c4ccc(OC(F)(F)F)cc4)CC3)cc2c1C. The van der Waals surface area contributed by atoms with E-state index in [2.05, 4.69) is 4.74 Å². The summed E-state index contributed by atoms with van der Waals surface area (Å²) in [5, 5.41) is 5.65. The molecular weight excluding hydrogens is 487 g/mol. The molecule has 1 aromatic heterocycles. The lowest BCUT2D eigenvalue weighted by atomic mass is 9.96. The number of alkyl halides is 3. The fourth-order valence-electron chi connectivity index (χ4n) is 4.75. The molecule has 1 saturated heterocycles. The molecule has 0 radical (unpaired) electrons. The van der Waals surface area contributed by atoms with Crippen LogP contribution in [0, 0.1) is 12.8 Å². The van der Waals surface area contributed by atoms with Gasteiger partial charge in [0, 0.05) is 62.5 Å². The lowest BCUT2D eigenvalue weighted by Gasteiger charge is -2.32. The van der Waals surface area contributed by atoms with Gasteiger partial charge in [0.05, 0.1) is 5.52 Å². The number of halogens is 3. The van der Waals surface area contributed by atoms with Gasteiger partial charge >= 0.3 is 6.36 Å². The smallest absolute Gasteiger partial charge is 0.406 e. The van der Waals surface area contributed by atoms with Crippen molar-refractivity contribution < 1.29 is 32.2 Å². The van der Waals surface area contributed by atoms with Crippen molar-refractivity contribution in [3.63, 3.8) is 0 Å². The molecule has 2 heterocycles. The summed E-state index contributed by atoms with van der Waals surface area (Å²) in [6.45, 7) is 4.33. The van der Waals surface area contributed by atoms with Gasteiger partial charge in [0.1, 0.15) is 5.75 Å². The molecule has 0 spiro atoms. The molecule has 1 amide bonds. The number of amides is 1. The fraction of sp³-hybridized carbons (Fsp3) is 0.444. The van der Waals surface area contributed by atoms with Crippen LogP contribution >= 0.6 is 0 Å². The van der Waals surface area contributed by atoms with Crippen molar-refractivity contribution in [3.05, 3.63) is 59.3 Å². The average Bonchev–Trinajstić information content (AvgIpc) is 3.27. The lowest BCUT2D eigenvalue weighted by molar-refractivity contribution is -0.274. The van der Waals surface area contributed by atoms with Crippen LogP contribution in [0.3, 0.4) is 0 Å². The summed E-state index contributed by atoms with van der Waals surface area (Å²) < 4.78 is 47.9. The minimum atomic E-state index is -4.77. The molecule has 1 aliphatic heterocycles. The second-order valence-corrected chi connectivity index (χ2v) is 9.35. The number of aromatic nitrogens is 2. The largest absolute Gasteiger partial charge is 0.573 e. The Kier molecular flexibility index (Phi) is 8.16. The number of rotatable bonds is 9. The van der Waals surface area contributed by atoms with Crippen molar-refractivity contribution in [1.29, 1.82) is 0 Å². The normalized spacial score (nSPS) is 14.8. The lowest BCUT2D eigenvalue weighted by Crippen LogP contribution is -2.39. The van der Waals surface area contributed by atoms with Crippen molar-refractivity contribution in [2.75, 3.05) is 26.8 Å². The summed E-state index contributed by atoms with van der Waals surface area (Å²) in [6, 6.07) is 8.73. The fourth-order valence-corrected chi connectivity index (χ4v) is 4.75. The Balaban J connectivity index is 1.33. The second-order valence-electron chi connectivity index (χ2n) is 9.35. The van der Waals surface area contributed by atoms with Crippen molar-refractivity contribution in [3.8, 4) is 5.75 Å². The van der Waals surface area contributed by atoms with E-state index in [0.717, 1.165) is 41.4 Å². The molecule has 37 heavy (non-hydrogen) atoms. The number of benzene rings is 2. The maximum absolute atomic E-state index is 12.8. The molecule has 7 nitrogen and oxygen atoms in total. The van der Waals surface area contributed by atoms with Crippen LogP contribution in [-0.4, -0.2) is 59.5 Å². The number of hydrogen-bond acceptors (Lipinski definition) is 5. The topological polar surface area (TPSA) is 73.7 Å². The van der Waals surface area contributed by atoms with Gasteiger partial charge in [0.25, 0.3) is 5.91 Å². The second kappa shape index (κ2) is 11.3. The number of methoxy groups -OCH3 is 1. The van der Waals surface area contributed by atoms with Crippen LogP contribution in [0.1, 0.15) is 52.0 Å². The summed E-state index contributed by atoms with van der Waals surface area (Å²) in [5.41, 5.74) is 2.82. The molecule has 3 aromatic rings. The van der Waals surface area contributed by atoms with Gasteiger partial charge in [0.2, 0.25) is 0 Å². The van der Waals surface area contributed by atoms with Crippen molar-refractivity contribution in [2.45, 2.75) is 45.5 Å². The summed E-state index contributed by atoms with van der Waals surface area (Å²) in [6.07, 6.45) is -0.0734. The van der Waals surface area contributed by atoms with Gasteiger partial charge in [-0.3, -0.25) is 14.3 Å². The molecular formula is C27H30F3N3O4. The zero-order valence-corrected chi connectivity index (χ0v) is 20.9. The van der Waals surface area contributed by atoms with Gasteiger partial charge in [-0.15, -0.1) is 13.2 Å². The number of likely N-dealkylation sites (tertiary alicyclic amines) is 1. The van der Waals surface area contributed by atoms with Gasteiger partial charge in [-0.1, -0.05) is 0 Å². The Bertz CT molecular complexity index is 1250. The summed E-state index contributed by atoms with van der Waals surface area (Å²) in [5.74, 6) is -0.132. The first-order valence-corrected chi connectivity index (χ1v) is 12.3. The van der Waals surface area contributed by atoms with Crippen LogP contribution in [0.5, 0.6) is 5.75 Å². The highest BCUT2D eigenvalue weighted by Crippen LogP contribution is 2.26. The molecule has 198 valence electrons. The highest BCUT2D eigenvalue weighted by atomic mass is 19.4. The van der Waals surface area contributed by atoms with Crippen LogP contribution in [0.15, 0.2) is 42.6 Å². The standard InChI is InChI=1S/C27H30F3N3O4/c1-18-22(25(34)4-3-15-36-2)9-10-24-23(18)17-33(31-24)16-19-11-13-32(14-12-19)26(35)20-5-7-21(8-6-20)37-27(28,29)30/h5-10,17,19H,3-4,11-16H2,1-2H3. The molecule has 0 aliphatic carbocycles. The van der Waals surface area contributed by atoms with Gasteiger partial charge in [-0.25, -0.2) is 0 Å². The number of aryl methyl sites for hydroxylation is 1. The quantitative estimate of drug-likeness (QED) is 0.281. The summed E-state index contributed by atoms with van der Waals surface area (Å²) in [4.78, 5) is 27.1. The zero-order valence-electron chi connectivity index (χ0n) is 20.9. The average molecular weight is 518 g/mol. The van der Waals surface area contributed by atoms with Crippen molar-refractivity contribution >= 4 is 22.6 Å². The molecule has 0 atom stereocenters. The first-order valence-electron chi connectivity index (χ1n) is 12.3. The number of carbonyl (C=O) groups excluding carboxylic acids is 2. The van der Waals surface area contributed by atoms with Gasteiger partial charge in [-0.2, -0.15) is 5.10 Å². The molecule has 10 heteroatoms. The van der Waals surface area contributed by atoms with E-state index >= 15 is 0 Å². The third-order valence-electron chi connectivity index (χ3n) is 6.74. The van der Waals surface area contributed by atoms with Gasteiger partial charge in [-0.05, 0) is 74.1 Å². The molecule has 1 aliphatic rings. The Labute approximate surface area is 213 Å². The van der Waals surface area contributed by atoms with Crippen molar-refractivity contribution in [1.82, 2.24) is 14.7 Å². The van der Waals surface area contributed by atoms with Gasteiger partial charge in [0.15, 0.2) is 5.78 Å². The van der Waals surface area contributed by atoms with Gasteiger partial charge < -0.3 is 14.4 Å². The number of ketones is 1. The minimum absolute atomic E-state index is 0.101. The molecule has 0 saturated carbocycles. The van der Waals surface area contributed by atoms with E-state index in [1.54, 1.807) is 12.0 Å². The number of nitrogens with zero attached hydrogens (tertiary/aromatic N) is 3. The van der Waals surface area contributed by atoms with Crippen LogP contribution < -0.4 is 4.74 Å². The third-order valence-corrected chi connectivity index (χ3v) is 6.74. The molecule has 0 bridgehead atoms. The zero-order chi connectivity index (χ0) is 26.6. The molecule has 2 aromatic carbocycles. The third kappa shape index (κ3) is 6.68. The Morgan fingerprint density at radius 3 is 2.43 bits per heavy atom. The van der Waals surface area contributed by atoms with E-state index in [4.69, 9.17) is 9.84 Å². The predicted octanol–water partition coefficient (Wildman–Crippen LogP) is 5.41. The first kappa shape index (κ1) is 26.7. The molecule has 1 fully saturated rings. The molecule has 0 N–H and O–H groups in total. The maximum atomic E-state index is 12.8. The van der Waals surface area contributed by atoms with E-state index in [1.165, 1.54) is 12.1 Å². The summed E-state index contributed by atoms with van der Waals surface area (Å²) >= 11 is 0. The number of fused-ring (bicyclic) bond motifs is 1. The highest BCUT2D eigenvalue weighted by molar-refractivity contribution is 6.01. The predicted molar refractivity (Wildman–Crippen MR) is 132 cm³/mol. The van der Waals surface area contributed by atoms with E-state index < -0.39 is 6.36 Å².